The molecule has 1 aliphatic rings. The normalized spacial score (nSPS) is 13.0. The lowest BCUT2D eigenvalue weighted by molar-refractivity contribution is -0.117. The summed E-state index contributed by atoms with van der Waals surface area (Å²) in [6.45, 7) is 6.45. The number of ether oxygens (including phenoxy) is 1. The number of esters is 1. The fourth-order valence-electron chi connectivity index (χ4n) is 3.32. The highest BCUT2D eigenvalue weighted by Gasteiger charge is 2.27. The van der Waals surface area contributed by atoms with Crippen molar-refractivity contribution in [1.29, 1.82) is 0 Å². The highest BCUT2D eigenvalue weighted by atomic mass is 32.2. The second-order valence-corrected chi connectivity index (χ2v) is 7.98. The van der Waals surface area contributed by atoms with E-state index >= 15 is 0 Å². The van der Waals surface area contributed by atoms with E-state index in [0.29, 0.717) is 36.6 Å². The monoisotopic (exact) mass is 427 g/mol. The zero-order valence-electron chi connectivity index (χ0n) is 17.4. The Labute approximate surface area is 180 Å². The molecule has 1 aromatic heterocycles. The topological polar surface area (TPSA) is 88.6 Å². The number of aromatic nitrogens is 1. The molecule has 158 valence electrons. The summed E-state index contributed by atoms with van der Waals surface area (Å²) >= 11 is 1.46. The van der Waals surface area contributed by atoms with Crippen LogP contribution in [0.1, 0.15) is 41.4 Å². The van der Waals surface area contributed by atoms with Crippen molar-refractivity contribution in [3.63, 3.8) is 0 Å². The van der Waals surface area contributed by atoms with Crippen LogP contribution in [0.2, 0.25) is 0 Å². The molecule has 1 N–H and O–H groups in total. The van der Waals surface area contributed by atoms with Gasteiger partial charge in [0.05, 0.1) is 23.6 Å². The van der Waals surface area contributed by atoms with Gasteiger partial charge in [-0.25, -0.2) is 9.78 Å². The van der Waals surface area contributed by atoms with Gasteiger partial charge in [0.15, 0.2) is 0 Å². The third-order valence-corrected chi connectivity index (χ3v) is 5.60. The highest BCUT2D eigenvalue weighted by Crippen LogP contribution is 2.36. The zero-order valence-corrected chi connectivity index (χ0v) is 18.2. The lowest BCUT2D eigenvalue weighted by Crippen LogP contribution is -2.37. The van der Waals surface area contributed by atoms with Crippen LogP contribution in [0.25, 0.3) is 0 Å². The Bertz CT molecular complexity index is 960. The van der Waals surface area contributed by atoms with Gasteiger partial charge in [-0.05, 0) is 63.1 Å². The molecule has 0 saturated heterocycles. The van der Waals surface area contributed by atoms with Gasteiger partial charge in [0, 0.05) is 24.3 Å². The van der Waals surface area contributed by atoms with Crippen molar-refractivity contribution in [1.82, 2.24) is 4.98 Å². The van der Waals surface area contributed by atoms with E-state index in [-0.39, 0.29) is 24.2 Å². The number of amides is 2. The minimum Gasteiger partial charge on any atom is -0.462 e. The summed E-state index contributed by atoms with van der Waals surface area (Å²) < 4.78 is 4.94. The van der Waals surface area contributed by atoms with Gasteiger partial charge < -0.3 is 15.0 Å². The Morgan fingerprint density at radius 2 is 1.97 bits per heavy atom. The maximum absolute atomic E-state index is 12.4. The number of pyridine rings is 1. The van der Waals surface area contributed by atoms with Crippen molar-refractivity contribution >= 4 is 40.9 Å². The molecule has 0 spiro atoms. The number of rotatable bonds is 7. The van der Waals surface area contributed by atoms with Gasteiger partial charge in [0.25, 0.3) is 0 Å². The molecule has 2 amide bonds. The summed E-state index contributed by atoms with van der Waals surface area (Å²) in [5.74, 6) is -0.130. The summed E-state index contributed by atoms with van der Waals surface area (Å²) in [5.41, 5.74) is 3.86. The number of nitrogens with one attached hydrogen (secondary N) is 1. The molecular weight excluding hydrogens is 402 g/mol. The summed E-state index contributed by atoms with van der Waals surface area (Å²) in [5, 5.41) is 3.69. The van der Waals surface area contributed by atoms with Crippen molar-refractivity contribution < 1.29 is 19.1 Å². The number of fused-ring (bicyclic) bond motifs is 1. The number of thioether (sulfide) groups is 1. The standard InChI is InChI=1S/C22H25N3O4S/c1-4-29-22(28)16-7-9-17(10-8-16)24-18(26)6-5-11-25-19(27)13-30-21-20(25)14(2)12-15(3)23-21/h7-10,12H,4-6,11,13H2,1-3H3,(H,24,26). The Morgan fingerprint density at radius 3 is 2.67 bits per heavy atom. The van der Waals surface area contributed by atoms with Crippen LogP contribution in [0.4, 0.5) is 11.4 Å². The predicted molar refractivity (Wildman–Crippen MR) is 117 cm³/mol. The average molecular weight is 428 g/mol. The first-order chi connectivity index (χ1) is 14.4. The Morgan fingerprint density at radius 1 is 1.23 bits per heavy atom. The fraction of sp³-hybridized carbons (Fsp3) is 0.364. The highest BCUT2D eigenvalue weighted by molar-refractivity contribution is 8.00. The maximum atomic E-state index is 12.4. The first kappa shape index (κ1) is 21.8. The van der Waals surface area contributed by atoms with Gasteiger partial charge in [0.2, 0.25) is 11.8 Å². The van der Waals surface area contributed by atoms with E-state index in [2.05, 4.69) is 10.3 Å². The number of carbonyl (C=O) groups excluding carboxylic acids is 3. The van der Waals surface area contributed by atoms with Crippen LogP contribution >= 0.6 is 11.8 Å². The van der Waals surface area contributed by atoms with Crippen molar-refractivity contribution in [2.75, 3.05) is 29.1 Å². The summed E-state index contributed by atoms with van der Waals surface area (Å²) in [6.07, 6.45) is 0.820. The molecule has 0 saturated carbocycles. The van der Waals surface area contributed by atoms with Crippen LogP contribution in [0, 0.1) is 13.8 Å². The Hall–Kier alpha value is -2.87. The van der Waals surface area contributed by atoms with Crippen molar-refractivity contribution in [2.45, 2.75) is 38.6 Å². The van der Waals surface area contributed by atoms with E-state index < -0.39 is 0 Å². The molecule has 1 aliphatic heterocycles. The smallest absolute Gasteiger partial charge is 0.338 e. The van der Waals surface area contributed by atoms with Crippen LogP contribution < -0.4 is 10.2 Å². The van der Waals surface area contributed by atoms with Gasteiger partial charge in [-0.3, -0.25) is 9.59 Å². The second-order valence-electron chi connectivity index (χ2n) is 7.02. The summed E-state index contributed by atoms with van der Waals surface area (Å²) in [7, 11) is 0. The zero-order chi connectivity index (χ0) is 21.7. The number of aryl methyl sites for hydroxylation is 2. The second kappa shape index (κ2) is 9.75. The molecule has 0 fully saturated rings. The number of hydrogen-bond acceptors (Lipinski definition) is 6. The molecule has 7 nitrogen and oxygen atoms in total. The molecule has 3 rings (SSSR count). The van der Waals surface area contributed by atoms with Crippen LogP contribution in [0.3, 0.4) is 0 Å². The maximum Gasteiger partial charge on any atom is 0.338 e. The van der Waals surface area contributed by atoms with Crippen LogP contribution in [-0.2, 0) is 14.3 Å². The van der Waals surface area contributed by atoms with E-state index in [0.717, 1.165) is 22.0 Å². The minimum absolute atomic E-state index is 0.0382. The van der Waals surface area contributed by atoms with E-state index in [1.54, 1.807) is 36.1 Å². The Balaban J connectivity index is 1.55. The van der Waals surface area contributed by atoms with E-state index in [4.69, 9.17) is 4.74 Å². The molecule has 1 aromatic carbocycles. The molecule has 2 heterocycles. The largest absolute Gasteiger partial charge is 0.462 e. The molecular formula is C22H25N3O4S. The van der Waals surface area contributed by atoms with E-state index in [9.17, 15) is 14.4 Å². The van der Waals surface area contributed by atoms with Crippen molar-refractivity contribution in [3.05, 3.63) is 47.2 Å². The van der Waals surface area contributed by atoms with Gasteiger partial charge in [-0.1, -0.05) is 11.8 Å². The lowest BCUT2D eigenvalue weighted by Gasteiger charge is -2.30. The van der Waals surface area contributed by atoms with Gasteiger partial charge >= 0.3 is 5.97 Å². The molecule has 0 aliphatic carbocycles. The van der Waals surface area contributed by atoms with Crippen LogP contribution in [0.5, 0.6) is 0 Å². The molecule has 0 radical (unpaired) electrons. The molecule has 8 heteroatoms. The quantitative estimate of drug-likeness (QED) is 0.678. The first-order valence-corrected chi connectivity index (χ1v) is 10.9. The van der Waals surface area contributed by atoms with Gasteiger partial charge in [-0.15, -0.1) is 0 Å². The van der Waals surface area contributed by atoms with Gasteiger partial charge in [-0.2, -0.15) is 0 Å². The summed E-state index contributed by atoms with van der Waals surface area (Å²) in [6, 6.07) is 8.54. The first-order valence-electron chi connectivity index (χ1n) is 9.87. The van der Waals surface area contributed by atoms with Gasteiger partial charge in [0.1, 0.15) is 5.03 Å². The van der Waals surface area contributed by atoms with Crippen LogP contribution in [0.15, 0.2) is 35.4 Å². The Kier molecular flexibility index (Phi) is 7.10. The fourth-order valence-corrected chi connectivity index (χ4v) is 4.35. The van der Waals surface area contributed by atoms with E-state index in [1.165, 1.54) is 11.8 Å². The molecule has 0 unspecified atom stereocenters. The van der Waals surface area contributed by atoms with Crippen molar-refractivity contribution in [2.24, 2.45) is 0 Å². The third-order valence-electron chi connectivity index (χ3n) is 4.65. The van der Waals surface area contributed by atoms with E-state index in [1.807, 2.05) is 19.9 Å². The van der Waals surface area contributed by atoms with Crippen LogP contribution in [-0.4, -0.2) is 41.7 Å². The number of hydrogen-bond donors (Lipinski definition) is 1. The molecule has 30 heavy (non-hydrogen) atoms. The molecule has 0 bridgehead atoms. The number of benzene rings is 1. The summed E-state index contributed by atoms with van der Waals surface area (Å²) in [4.78, 5) is 42.7. The molecule has 0 atom stereocenters. The predicted octanol–water partition coefficient (Wildman–Crippen LogP) is 3.73. The van der Waals surface area contributed by atoms with Crippen molar-refractivity contribution in [3.8, 4) is 0 Å². The molecule has 2 aromatic rings. The number of carbonyl (C=O) groups is 3. The SMILES string of the molecule is CCOC(=O)c1ccc(NC(=O)CCCN2C(=O)CSc3nc(C)cc(C)c32)cc1. The average Bonchev–Trinajstić information content (AvgIpc) is 2.70. The lowest BCUT2D eigenvalue weighted by atomic mass is 10.1. The number of nitrogens with zero attached hydrogens (tertiary/aromatic N) is 2. The number of anilines is 2. The minimum atomic E-state index is -0.389. The third kappa shape index (κ3) is 5.18.